The molecule has 0 bridgehead atoms. The van der Waals surface area contributed by atoms with Gasteiger partial charge in [-0.15, -0.1) is 0 Å². The zero-order chi connectivity index (χ0) is 14.8. The van der Waals surface area contributed by atoms with E-state index in [1.807, 2.05) is 30.3 Å². The Balaban J connectivity index is 1.87. The number of benzene rings is 2. The standard InChI is InChI=1S/C19H19NO/c1-13-7-14(2)9-15(8-13)10-19(21)17-11-16-5-3-4-6-18(16)20-12-17/h3-9,11-12,19,21H,10H2,1-2H3. The van der Waals surface area contributed by atoms with Crippen LogP contribution in [-0.2, 0) is 6.42 Å². The summed E-state index contributed by atoms with van der Waals surface area (Å²) in [7, 11) is 0. The third kappa shape index (κ3) is 3.11. The van der Waals surface area contributed by atoms with E-state index in [2.05, 4.69) is 37.0 Å². The summed E-state index contributed by atoms with van der Waals surface area (Å²) in [6, 6.07) is 16.4. The van der Waals surface area contributed by atoms with Crippen molar-refractivity contribution in [3.63, 3.8) is 0 Å². The summed E-state index contributed by atoms with van der Waals surface area (Å²) in [6.45, 7) is 4.17. The molecular weight excluding hydrogens is 258 g/mol. The van der Waals surface area contributed by atoms with Gasteiger partial charge in [0.15, 0.2) is 0 Å². The van der Waals surface area contributed by atoms with Crippen LogP contribution < -0.4 is 0 Å². The lowest BCUT2D eigenvalue weighted by Crippen LogP contribution is -2.03. The van der Waals surface area contributed by atoms with Crippen molar-refractivity contribution in [1.29, 1.82) is 0 Å². The van der Waals surface area contributed by atoms with E-state index in [4.69, 9.17) is 0 Å². The van der Waals surface area contributed by atoms with E-state index in [0.29, 0.717) is 6.42 Å². The SMILES string of the molecule is Cc1cc(C)cc(CC(O)c2cnc3ccccc3c2)c1. The van der Waals surface area contributed by atoms with Crippen molar-refractivity contribution in [3.8, 4) is 0 Å². The highest BCUT2D eigenvalue weighted by molar-refractivity contribution is 5.78. The summed E-state index contributed by atoms with van der Waals surface area (Å²) in [5.41, 5.74) is 5.45. The first-order valence-corrected chi connectivity index (χ1v) is 7.22. The number of hydrogen-bond acceptors (Lipinski definition) is 2. The molecule has 21 heavy (non-hydrogen) atoms. The number of fused-ring (bicyclic) bond motifs is 1. The molecule has 0 radical (unpaired) electrons. The Bertz CT molecular complexity index is 759. The van der Waals surface area contributed by atoms with Crippen molar-refractivity contribution in [2.75, 3.05) is 0 Å². The minimum absolute atomic E-state index is 0.525. The first kappa shape index (κ1) is 13.8. The van der Waals surface area contributed by atoms with Crippen LogP contribution in [-0.4, -0.2) is 10.1 Å². The van der Waals surface area contributed by atoms with Gasteiger partial charge in [-0.25, -0.2) is 0 Å². The number of aryl methyl sites for hydroxylation is 2. The van der Waals surface area contributed by atoms with Crippen molar-refractivity contribution >= 4 is 10.9 Å². The van der Waals surface area contributed by atoms with E-state index in [9.17, 15) is 5.11 Å². The van der Waals surface area contributed by atoms with Crippen LogP contribution in [0.2, 0.25) is 0 Å². The Morgan fingerprint density at radius 3 is 2.48 bits per heavy atom. The average molecular weight is 277 g/mol. The molecule has 0 aliphatic rings. The second-order valence-corrected chi connectivity index (χ2v) is 5.68. The third-order valence-electron chi connectivity index (χ3n) is 3.71. The molecular formula is C19H19NO. The largest absolute Gasteiger partial charge is 0.388 e. The first-order chi connectivity index (χ1) is 10.1. The Kier molecular flexibility index (Phi) is 3.72. The van der Waals surface area contributed by atoms with Crippen LogP contribution in [0.25, 0.3) is 10.9 Å². The summed E-state index contributed by atoms with van der Waals surface area (Å²) >= 11 is 0. The number of hydrogen-bond donors (Lipinski definition) is 1. The van der Waals surface area contributed by atoms with E-state index in [1.54, 1.807) is 6.20 Å². The lowest BCUT2D eigenvalue weighted by atomic mass is 9.98. The molecule has 1 atom stereocenters. The normalized spacial score (nSPS) is 12.5. The summed E-state index contributed by atoms with van der Waals surface area (Å²) in [5, 5.41) is 11.5. The predicted molar refractivity (Wildman–Crippen MR) is 86.3 cm³/mol. The second-order valence-electron chi connectivity index (χ2n) is 5.68. The molecule has 0 aliphatic carbocycles. The summed E-state index contributed by atoms with van der Waals surface area (Å²) in [5.74, 6) is 0. The molecule has 0 fully saturated rings. The Morgan fingerprint density at radius 1 is 1.00 bits per heavy atom. The molecule has 0 saturated heterocycles. The van der Waals surface area contributed by atoms with Crippen molar-refractivity contribution in [2.45, 2.75) is 26.4 Å². The highest BCUT2D eigenvalue weighted by Crippen LogP contribution is 2.22. The van der Waals surface area contributed by atoms with E-state index in [-0.39, 0.29) is 0 Å². The Hall–Kier alpha value is -2.19. The third-order valence-corrected chi connectivity index (χ3v) is 3.71. The minimum atomic E-state index is -0.525. The smallest absolute Gasteiger partial charge is 0.0845 e. The summed E-state index contributed by atoms with van der Waals surface area (Å²) in [6.07, 6.45) is 1.86. The van der Waals surface area contributed by atoms with Gasteiger partial charge in [0.05, 0.1) is 11.6 Å². The molecule has 2 heteroatoms. The zero-order valence-corrected chi connectivity index (χ0v) is 12.4. The second kappa shape index (κ2) is 5.66. The van der Waals surface area contributed by atoms with Gasteiger partial charge < -0.3 is 5.11 Å². The van der Waals surface area contributed by atoms with Gasteiger partial charge in [-0.05, 0) is 37.1 Å². The van der Waals surface area contributed by atoms with Crippen LogP contribution >= 0.6 is 0 Å². The molecule has 0 saturated carbocycles. The monoisotopic (exact) mass is 277 g/mol. The van der Waals surface area contributed by atoms with Gasteiger partial charge in [0.2, 0.25) is 0 Å². The Morgan fingerprint density at radius 2 is 1.71 bits per heavy atom. The van der Waals surface area contributed by atoms with Gasteiger partial charge in [-0.2, -0.15) is 0 Å². The van der Waals surface area contributed by atoms with Gasteiger partial charge in [0.1, 0.15) is 0 Å². The van der Waals surface area contributed by atoms with Crippen molar-refractivity contribution in [1.82, 2.24) is 4.98 Å². The van der Waals surface area contributed by atoms with E-state index in [0.717, 1.165) is 22.0 Å². The molecule has 0 amide bonds. The van der Waals surface area contributed by atoms with Gasteiger partial charge >= 0.3 is 0 Å². The molecule has 0 spiro atoms. The molecule has 1 aromatic heterocycles. The van der Waals surface area contributed by atoms with E-state index < -0.39 is 6.10 Å². The minimum Gasteiger partial charge on any atom is -0.388 e. The molecule has 2 aromatic carbocycles. The number of pyridine rings is 1. The first-order valence-electron chi connectivity index (χ1n) is 7.22. The van der Waals surface area contributed by atoms with Crippen LogP contribution in [0.1, 0.15) is 28.4 Å². The van der Waals surface area contributed by atoms with E-state index >= 15 is 0 Å². The molecule has 0 aliphatic heterocycles. The molecule has 1 heterocycles. The molecule has 106 valence electrons. The number of aromatic nitrogens is 1. The fourth-order valence-electron chi connectivity index (χ4n) is 2.80. The molecule has 2 nitrogen and oxygen atoms in total. The fraction of sp³-hybridized carbons (Fsp3) is 0.211. The molecule has 1 N–H and O–H groups in total. The summed E-state index contributed by atoms with van der Waals surface area (Å²) < 4.78 is 0. The lowest BCUT2D eigenvalue weighted by Gasteiger charge is -2.13. The highest BCUT2D eigenvalue weighted by Gasteiger charge is 2.10. The van der Waals surface area contributed by atoms with Crippen LogP contribution in [0.15, 0.2) is 54.7 Å². The number of rotatable bonds is 3. The number of aliphatic hydroxyl groups is 1. The van der Waals surface area contributed by atoms with Crippen LogP contribution in [0.4, 0.5) is 0 Å². The van der Waals surface area contributed by atoms with Crippen molar-refractivity contribution in [3.05, 3.63) is 77.0 Å². The van der Waals surface area contributed by atoms with Gasteiger partial charge in [-0.3, -0.25) is 4.98 Å². The topological polar surface area (TPSA) is 33.1 Å². The number of nitrogens with zero attached hydrogens (tertiary/aromatic N) is 1. The average Bonchev–Trinajstić information content (AvgIpc) is 2.45. The maximum absolute atomic E-state index is 10.5. The number of aliphatic hydroxyl groups excluding tert-OH is 1. The van der Waals surface area contributed by atoms with Crippen LogP contribution in [0, 0.1) is 13.8 Å². The predicted octanol–water partition coefficient (Wildman–Crippen LogP) is 4.13. The zero-order valence-electron chi connectivity index (χ0n) is 12.4. The lowest BCUT2D eigenvalue weighted by molar-refractivity contribution is 0.178. The fourth-order valence-corrected chi connectivity index (χ4v) is 2.80. The molecule has 3 aromatic rings. The van der Waals surface area contributed by atoms with Crippen molar-refractivity contribution < 1.29 is 5.11 Å². The number of para-hydroxylation sites is 1. The maximum atomic E-state index is 10.5. The molecule has 3 rings (SSSR count). The van der Waals surface area contributed by atoms with Crippen LogP contribution in [0.5, 0.6) is 0 Å². The van der Waals surface area contributed by atoms with Crippen LogP contribution in [0.3, 0.4) is 0 Å². The summed E-state index contributed by atoms with van der Waals surface area (Å²) in [4.78, 5) is 4.42. The quantitative estimate of drug-likeness (QED) is 0.781. The van der Waals surface area contributed by atoms with Gasteiger partial charge in [0, 0.05) is 18.0 Å². The van der Waals surface area contributed by atoms with Gasteiger partial charge in [-0.1, -0.05) is 47.5 Å². The van der Waals surface area contributed by atoms with Gasteiger partial charge in [0.25, 0.3) is 0 Å². The Labute approximate surface area is 125 Å². The maximum Gasteiger partial charge on any atom is 0.0845 e. The van der Waals surface area contributed by atoms with E-state index in [1.165, 1.54) is 11.1 Å². The molecule has 1 unspecified atom stereocenters. The van der Waals surface area contributed by atoms with Crippen molar-refractivity contribution in [2.24, 2.45) is 0 Å². The highest BCUT2D eigenvalue weighted by atomic mass is 16.3.